The van der Waals surface area contributed by atoms with E-state index in [2.05, 4.69) is 0 Å². The van der Waals surface area contributed by atoms with Gasteiger partial charge in [0.2, 0.25) is 11.8 Å². The van der Waals surface area contributed by atoms with Crippen LogP contribution >= 0.6 is 0 Å². The summed E-state index contributed by atoms with van der Waals surface area (Å²) >= 11 is 0. The Labute approximate surface area is 150 Å². The van der Waals surface area contributed by atoms with E-state index in [1.165, 1.54) is 4.90 Å². The lowest BCUT2D eigenvalue weighted by Gasteiger charge is -2.25. The van der Waals surface area contributed by atoms with Crippen molar-refractivity contribution in [2.45, 2.75) is 25.3 Å². The first kappa shape index (κ1) is 16.7. The predicted molar refractivity (Wildman–Crippen MR) is 90.3 cm³/mol. The van der Waals surface area contributed by atoms with E-state index in [1.54, 1.807) is 23.1 Å². The van der Waals surface area contributed by atoms with Crippen molar-refractivity contribution in [2.75, 3.05) is 31.2 Å². The summed E-state index contributed by atoms with van der Waals surface area (Å²) in [7, 11) is 0. The maximum absolute atomic E-state index is 12.8. The maximum Gasteiger partial charge on any atom is 0.326 e. The molecule has 26 heavy (non-hydrogen) atoms. The molecule has 8 heteroatoms. The molecule has 4 rings (SSSR count). The standard InChI is InChI=1S/C18H20N2O6/c21-16-12(17(22)20-6-1-2-13(20)18(23)24)5-7-19(16)11-3-4-14-15(10-11)26-9-8-25-14/h3-4,10,12-13H,1-2,5-9H2,(H,23,24)/t12?,13-/m1/s1. The van der Waals surface area contributed by atoms with Gasteiger partial charge in [-0.2, -0.15) is 0 Å². The van der Waals surface area contributed by atoms with E-state index in [0.717, 1.165) is 0 Å². The molecule has 0 bridgehead atoms. The number of carboxylic acid groups (broad SMARTS) is 1. The molecule has 0 aliphatic carbocycles. The molecule has 1 N–H and O–H groups in total. The maximum atomic E-state index is 12.8. The van der Waals surface area contributed by atoms with Gasteiger partial charge < -0.3 is 24.4 Å². The van der Waals surface area contributed by atoms with Crippen molar-refractivity contribution in [3.05, 3.63) is 18.2 Å². The number of carbonyl (C=O) groups excluding carboxylic acids is 2. The van der Waals surface area contributed by atoms with Crippen LogP contribution in [0, 0.1) is 5.92 Å². The number of likely N-dealkylation sites (tertiary alicyclic amines) is 1. The molecule has 1 aromatic rings. The molecule has 3 heterocycles. The lowest BCUT2D eigenvalue weighted by molar-refractivity contribution is -0.151. The van der Waals surface area contributed by atoms with Crippen LogP contribution in [0.4, 0.5) is 5.69 Å². The highest BCUT2D eigenvalue weighted by molar-refractivity contribution is 6.10. The zero-order chi connectivity index (χ0) is 18.3. The van der Waals surface area contributed by atoms with Crippen LogP contribution in [-0.4, -0.2) is 60.1 Å². The first-order chi connectivity index (χ1) is 12.6. The summed E-state index contributed by atoms with van der Waals surface area (Å²) in [6.07, 6.45) is 1.47. The third kappa shape index (κ3) is 2.75. The number of ether oxygens (including phenoxy) is 2. The minimum Gasteiger partial charge on any atom is -0.486 e. The molecule has 8 nitrogen and oxygen atoms in total. The highest BCUT2D eigenvalue weighted by Gasteiger charge is 2.44. The molecule has 0 aromatic heterocycles. The van der Waals surface area contributed by atoms with E-state index in [4.69, 9.17) is 9.47 Å². The van der Waals surface area contributed by atoms with Crippen LogP contribution in [-0.2, 0) is 14.4 Å². The van der Waals surface area contributed by atoms with Crippen LogP contribution in [0.25, 0.3) is 0 Å². The smallest absolute Gasteiger partial charge is 0.326 e. The van der Waals surface area contributed by atoms with Gasteiger partial charge in [-0.1, -0.05) is 0 Å². The lowest BCUT2D eigenvalue weighted by Crippen LogP contribution is -2.45. The zero-order valence-electron chi connectivity index (χ0n) is 14.2. The summed E-state index contributed by atoms with van der Waals surface area (Å²) in [5.41, 5.74) is 0.658. The number of carbonyl (C=O) groups is 3. The van der Waals surface area contributed by atoms with Gasteiger partial charge in [0.25, 0.3) is 0 Å². The average molecular weight is 360 g/mol. The summed E-state index contributed by atoms with van der Waals surface area (Å²) < 4.78 is 11.0. The Bertz CT molecular complexity index is 764. The summed E-state index contributed by atoms with van der Waals surface area (Å²) in [6, 6.07) is 4.45. The van der Waals surface area contributed by atoms with Gasteiger partial charge in [-0.05, 0) is 31.4 Å². The van der Waals surface area contributed by atoms with Gasteiger partial charge in [0.1, 0.15) is 25.2 Å². The minimum atomic E-state index is -1.01. The summed E-state index contributed by atoms with van der Waals surface area (Å²) in [5, 5.41) is 9.27. The van der Waals surface area contributed by atoms with Crippen molar-refractivity contribution < 1.29 is 29.0 Å². The number of carboxylic acids is 1. The SMILES string of the molecule is O=C(O)[C@H]1CCCN1C(=O)C1CCN(c2ccc3c(c2)OCCO3)C1=O. The van der Waals surface area contributed by atoms with Crippen LogP contribution < -0.4 is 14.4 Å². The fourth-order valence-electron chi connectivity index (χ4n) is 3.85. The molecular formula is C18H20N2O6. The van der Waals surface area contributed by atoms with E-state index in [0.29, 0.717) is 62.8 Å². The van der Waals surface area contributed by atoms with Gasteiger partial charge >= 0.3 is 5.97 Å². The van der Waals surface area contributed by atoms with Crippen LogP contribution in [0.3, 0.4) is 0 Å². The first-order valence-corrected chi connectivity index (χ1v) is 8.80. The van der Waals surface area contributed by atoms with Crippen molar-refractivity contribution in [1.82, 2.24) is 4.90 Å². The molecule has 2 atom stereocenters. The number of nitrogens with zero attached hydrogens (tertiary/aromatic N) is 2. The van der Waals surface area contributed by atoms with Crippen molar-refractivity contribution in [3.8, 4) is 11.5 Å². The van der Waals surface area contributed by atoms with E-state index < -0.39 is 17.9 Å². The number of benzene rings is 1. The first-order valence-electron chi connectivity index (χ1n) is 8.80. The van der Waals surface area contributed by atoms with Crippen LogP contribution in [0.15, 0.2) is 18.2 Å². The minimum absolute atomic E-state index is 0.289. The molecule has 2 amide bonds. The molecule has 0 spiro atoms. The molecule has 3 aliphatic heterocycles. The highest BCUT2D eigenvalue weighted by atomic mass is 16.6. The molecule has 2 saturated heterocycles. The predicted octanol–water partition coefficient (Wildman–Crippen LogP) is 0.886. The molecule has 0 saturated carbocycles. The Morgan fingerprint density at radius 2 is 1.85 bits per heavy atom. The van der Waals surface area contributed by atoms with Crippen molar-refractivity contribution >= 4 is 23.5 Å². The van der Waals surface area contributed by atoms with E-state index in [-0.39, 0.29) is 11.8 Å². The summed E-state index contributed by atoms with van der Waals surface area (Å²) in [5.74, 6) is -1.27. The van der Waals surface area contributed by atoms with E-state index >= 15 is 0 Å². The third-order valence-electron chi connectivity index (χ3n) is 5.16. The van der Waals surface area contributed by atoms with Crippen LogP contribution in [0.2, 0.25) is 0 Å². The fourth-order valence-corrected chi connectivity index (χ4v) is 3.85. The van der Waals surface area contributed by atoms with Gasteiger partial charge in [0, 0.05) is 24.8 Å². The lowest BCUT2D eigenvalue weighted by atomic mass is 10.1. The van der Waals surface area contributed by atoms with Gasteiger partial charge in [-0.3, -0.25) is 9.59 Å². The molecule has 1 unspecified atom stereocenters. The fraction of sp³-hybridized carbons (Fsp3) is 0.500. The molecule has 0 radical (unpaired) electrons. The largest absolute Gasteiger partial charge is 0.486 e. The number of hydrogen-bond donors (Lipinski definition) is 1. The summed E-state index contributed by atoms with van der Waals surface area (Å²) in [6.45, 7) is 1.76. The Kier molecular flexibility index (Phi) is 4.18. The van der Waals surface area contributed by atoms with Gasteiger partial charge in [0.15, 0.2) is 11.5 Å². The van der Waals surface area contributed by atoms with Crippen molar-refractivity contribution in [1.29, 1.82) is 0 Å². The van der Waals surface area contributed by atoms with Crippen molar-refractivity contribution in [2.24, 2.45) is 5.92 Å². The zero-order valence-corrected chi connectivity index (χ0v) is 14.2. The quantitative estimate of drug-likeness (QED) is 0.804. The molecule has 138 valence electrons. The van der Waals surface area contributed by atoms with Crippen molar-refractivity contribution in [3.63, 3.8) is 0 Å². The molecule has 3 aliphatic rings. The Hall–Kier alpha value is -2.77. The summed E-state index contributed by atoms with van der Waals surface area (Å²) in [4.78, 5) is 39.8. The number of hydrogen-bond acceptors (Lipinski definition) is 5. The number of anilines is 1. The topological polar surface area (TPSA) is 96.4 Å². The van der Waals surface area contributed by atoms with Crippen LogP contribution in [0.5, 0.6) is 11.5 Å². The van der Waals surface area contributed by atoms with E-state index in [1.807, 2.05) is 0 Å². The second-order valence-electron chi connectivity index (χ2n) is 6.69. The number of aliphatic carboxylic acids is 1. The Balaban J connectivity index is 1.51. The van der Waals surface area contributed by atoms with Gasteiger partial charge in [-0.15, -0.1) is 0 Å². The Morgan fingerprint density at radius 3 is 2.62 bits per heavy atom. The molecule has 2 fully saturated rings. The highest BCUT2D eigenvalue weighted by Crippen LogP contribution is 2.36. The number of fused-ring (bicyclic) bond motifs is 1. The number of amides is 2. The van der Waals surface area contributed by atoms with Crippen LogP contribution in [0.1, 0.15) is 19.3 Å². The third-order valence-corrected chi connectivity index (χ3v) is 5.16. The van der Waals surface area contributed by atoms with Gasteiger partial charge in [-0.25, -0.2) is 4.79 Å². The second-order valence-corrected chi connectivity index (χ2v) is 6.69. The molecular weight excluding hydrogens is 340 g/mol. The Morgan fingerprint density at radius 1 is 1.08 bits per heavy atom. The monoisotopic (exact) mass is 360 g/mol. The number of rotatable bonds is 3. The molecule has 1 aromatic carbocycles. The average Bonchev–Trinajstić information content (AvgIpc) is 3.28. The second kappa shape index (κ2) is 6.51. The normalized spacial score (nSPS) is 24.8. The van der Waals surface area contributed by atoms with E-state index in [9.17, 15) is 19.5 Å². The van der Waals surface area contributed by atoms with Gasteiger partial charge in [0.05, 0.1) is 0 Å².